The second kappa shape index (κ2) is 4.79. The van der Waals surface area contributed by atoms with Crippen molar-refractivity contribution in [3.63, 3.8) is 0 Å². The molecule has 2 heterocycles. The Hall–Kier alpha value is -1.91. The first-order valence-electron chi connectivity index (χ1n) is 8.68. The first-order chi connectivity index (χ1) is 11.2. The van der Waals surface area contributed by atoms with E-state index in [-0.39, 0.29) is 11.4 Å². The fraction of sp³-hybridized carbons (Fsp3) is 0.611. The molecule has 122 valence electrons. The number of fused-ring (bicyclic) bond motifs is 3. The molecule has 0 spiro atoms. The summed E-state index contributed by atoms with van der Waals surface area (Å²) in [5.41, 5.74) is 1.35. The first-order valence-corrected chi connectivity index (χ1v) is 8.68. The van der Waals surface area contributed by atoms with E-state index in [0.717, 1.165) is 43.3 Å². The summed E-state index contributed by atoms with van der Waals surface area (Å²) >= 11 is 0. The lowest BCUT2D eigenvalue weighted by Gasteiger charge is -2.28. The molecular formula is C18H22N2O3. The van der Waals surface area contributed by atoms with E-state index >= 15 is 0 Å². The van der Waals surface area contributed by atoms with Gasteiger partial charge in [-0.3, -0.25) is 0 Å². The Morgan fingerprint density at radius 2 is 2.13 bits per heavy atom. The average molecular weight is 314 g/mol. The van der Waals surface area contributed by atoms with E-state index in [1.54, 1.807) is 0 Å². The second-order valence-electron chi connectivity index (χ2n) is 7.49. The molecule has 3 fully saturated rings. The molecule has 1 saturated heterocycles. The van der Waals surface area contributed by atoms with Crippen LogP contribution in [0.15, 0.2) is 18.2 Å². The molecule has 0 unspecified atom stereocenters. The first kappa shape index (κ1) is 13.5. The normalized spacial score (nSPS) is 29.0. The van der Waals surface area contributed by atoms with Crippen LogP contribution in [-0.4, -0.2) is 36.9 Å². The van der Waals surface area contributed by atoms with Crippen molar-refractivity contribution in [1.82, 2.24) is 10.2 Å². The molecule has 5 nitrogen and oxygen atoms in total. The predicted octanol–water partition coefficient (Wildman–Crippen LogP) is 2.64. The Labute approximate surface area is 135 Å². The summed E-state index contributed by atoms with van der Waals surface area (Å²) < 4.78 is 10.9. The van der Waals surface area contributed by atoms with Gasteiger partial charge in [-0.25, -0.2) is 4.79 Å². The van der Waals surface area contributed by atoms with Crippen molar-refractivity contribution in [1.29, 1.82) is 0 Å². The van der Waals surface area contributed by atoms with Gasteiger partial charge in [-0.15, -0.1) is 0 Å². The summed E-state index contributed by atoms with van der Waals surface area (Å²) in [6, 6.07) is 6.80. The van der Waals surface area contributed by atoms with E-state index in [4.69, 9.17) is 9.47 Å². The summed E-state index contributed by atoms with van der Waals surface area (Å²) in [6.07, 6.45) is 5.94. The number of benzene rings is 1. The molecule has 1 N–H and O–H groups in total. The van der Waals surface area contributed by atoms with Crippen LogP contribution in [-0.2, 0) is 5.41 Å². The van der Waals surface area contributed by atoms with Crippen LogP contribution in [0.3, 0.4) is 0 Å². The van der Waals surface area contributed by atoms with Gasteiger partial charge < -0.3 is 19.7 Å². The van der Waals surface area contributed by atoms with E-state index in [1.807, 2.05) is 6.07 Å². The Balaban J connectivity index is 1.26. The van der Waals surface area contributed by atoms with Gasteiger partial charge in [-0.2, -0.15) is 0 Å². The summed E-state index contributed by atoms with van der Waals surface area (Å²) in [7, 11) is 0. The van der Waals surface area contributed by atoms with Crippen molar-refractivity contribution in [2.24, 2.45) is 5.92 Å². The number of amides is 2. The number of nitrogens with zero attached hydrogens (tertiary/aromatic N) is 1. The maximum atomic E-state index is 12.5. The highest BCUT2D eigenvalue weighted by atomic mass is 16.7. The van der Waals surface area contributed by atoms with Crippen molar-refractivity contribution < 1.29 is 14.3 Å². The summed E-state index contributed by atoms with van der Waals surface area (Å²) in [5, 5.41) is 3.19. The molecule has 2 bridgehead atoms. The van der Waals surface area contributed by atoms with Gasteiger partial charge in [-0.05, 0) is 55.7 Å². The summed E-state index contributed by atoms with van der Waals surface area (Å²) in [5.74, 6) is 2.40. The predicted molar refractivity (Wildman–Crippen MR) is 84.7 cm³/mol. The SMILES string of the molecule is O=C(NCC1(c2ccc3c(c2)OCO3)CC1)N1C[C@@H]2CC[C@H]1C2. The number of hydrogen-bond acceptors (Lipinski definition) is 3. The van der Waals surface area contributed by atoms with Crippen molar-refractivity contribution in [2.45, 2.75) is 43.6 Å². The van der Waals surface area contributed by atoms with Gasteiger partial charge in [-0.1, -0.05) is 6.07 Å². The lowest BCUT2D eigenvalue weighted by atomic mass is 9.95. The Kier molecular flexibility index (Phi) is 2.82. The molecule has 2 amide bonds. The molecule has 2 aliphatic carbocycles. The highest BCUT2D eigenvalue weighted by Gasteiger charge is 2.46. The smallest absolute Gasteiger partial charge is 0.317 e. The Bertz CT molecular complexity index is 656. The number of urea groups is 1. The minimum atomic E-state index is 0.0926. The third kappa shape index (κ3) is 2.17. The lowest BCUT2D eigenvalue weighted by molar-refractivity contribution is 0.174. The molecule has 0 aromatic heterocycles. The highest BCUT2D eigenvalue weighted by molar-refractivity contribution is 5.75. The van der Waals surface area contributed by atoms with Gasteiger partial charge in [0.2, 0.25) is 6.79 Å². The third-order valence-electron chi connectivity index (χ3n) is 6.09. The Morgan fingerprint density at radius 1 is 1.26 bits per heavy atom. The number of rotatable bonds is 3. The average Bonchev–Trinajstić information content (AvgIpc) is 2.97. The standard InChI is InChI=1S/C18H22N2O3/c21-17(20-9-12-1-3-14(20)7-12)19-10-18(5-6-18)13-2-4-15-16(8-13)23-11-22-15/h2,4,8,12,14H,1,3,5-7,9-11H2,(H,19,21)/t12-,14+/m1/s1. The maximum absolute atomic E-state index is 12.5. The molecule has 1 aromatic rings. The minimum Gasteiger partial charge on any atom is -0.454 e. The minimum absolute atomic E-state index is 0.0926. The van der Waals surface area contributed by atoms with E-state index < -0.39 is 0 Å². The number of hydrogen-bond donors (Lipinski definition) is 1. The number of likely N-dealkylation sites (tertiary alicyclic amines) is 1. The highest BCUT2D eigenvalue weighted by Crippen LogP contribution is 2.50. The van der Waals surface area contributed by atoms with Gasteiger partial charge >= 0.3 is 6.03 Å². The van der Waals surface area contributed by atoms with Crippen molar-refractivity contribution in [3.8, 4) is 11.5 Å². The quantitative estimate of drug-likeness (QED) is 0.933. The number of piperidine rings is 1. The van der Waals surface area contributed by atoms with Gasteiger partial charge in [0.1, 0.15) is 0 Å². The summed E-state index contributed by atoms with van der Waals surface area (Å²) in [6.45, 7) is 1.98. The van der Waals surface area contributed by atoms with Crippen LogP contribution in [0.1, 0.15) is 37.7 Å². The van der Waals surface area contributed by atoms with E-state index in [1.165, 1.54) is 24.8 Å². The fourth-order valence-corrected chi connectivity index (χ4v) is 4.46. The van der Waals surface area contributed by atoms with E-state index in [2.05, 4.69) is 22.3 Å². The van der Waals surface area contributed by atoms with Crippen LogP contribution >= 0.6 is 0 Å². The van der Waals surface area contributed by atoms with Gasteiger partial charge in [0.15, 0.2) is 11.5 Å². The van der Waals surface area contributed by atoms with Crippen molar-refractivity contribution in [2.75, 3.05) is 19.9 Å². The van der Waals surface area contributed by atoms with Crippen LogP contribution in [0.5, 0.6) is 11.5 Å². The molecule has 1 aromatic carbocycles. The number of nitrogens with one attached hydrogen (secondary N) is 1. The van der Waals surface area contributed by atoms with Crippen molar-refractivity contribution >= 4 is 6.03 Å². The van der Waals surface area contributed by atoms with Crippen LogP contribution < -0.4 is 14.8 Å². The van der Waals surface area contributed by atoms with Gasteiger partial charge in [0.05, 0.1) is 0 Å². The lowest BCUT2D eigenvalue weighted by Crippen LogP contribution is -2.46. The van der Waals surface area contributed by atoms with Crippen LogP contribution in [0.25, 0.3) is 0 Å². The Morgan fingerprint density at radius 3 is 2.87 bits per heavy atom. The number of ether oxygens (including phenoxy) is 2. The molecule has 2 aliphatic heterocycles. The maximum Gasteiger partial charge on any atom is 0.317 e. The van der Waals surface area contributed by atoms with Crippen LogP contribution in [0.2, 0.25) is 0 Å². The van der Waals surface area contributed by atoms with E-state index in [0.29, 0.717) is 12.8 Å². The molecule has 5 rings (SSSR count). The van der Waals surface area contributed by atoms with Crippen molar-refractivity contribution in [3.05, 3.63) is 23.8 Å². The number of carbonyl (C=O) groups is 1. The van der Waals surface area contributed by atoms with E-state index in [9.17, 15) is 4.79 Å². The van der Waals surface area contributed by atoms with Gasteiger partial charge in [0, 0.05) is 24.5 Å². The molecular weight excluding hydrogens is 292 g/mol. The van der Waals surface area contributed by atoms with Gasteiger partial charge in [0.25, 0.3) is 0 Å². The zero-order valence-corrected chi connectivity index (χ0v) is 13.2. The molecule has 0 radical (unpaired) electrons. The van der Waals surface area contributed by atoms with Crippen LogP contribution in [0, 0.1) is 5.92 Å². The second-order valence-corrected chi connectivity index (χ2v) is 7.49. The van der Waals surface area contributed by atoms with Crippen LogP contribution in [0.4, 0.5) is 4.79 Å². The monoisotopic (exact) mass is 314 g/mol. The molecule has 2 saturated carbocycles. The number of carbonyl (C=O) groups excluding carboxylic acids is 1. The molecule has 2 atom stereocenters. The molecule has 23 heavy (non-hydrogen) atoms. The molecule has 4 aliphatic rings. The summed E-state index contributed by atoms with van der Waals surface area (Å²) in [4.78, 5) is 14.6. The zero-order chi connectivity index (χ0) is 15.4. The topological polar surface area (TPSA) is 50.8 Å². The fourth-order valence-electron chi connectivity index (χ4n) is 4.46. The third-order valence-corrected chi connectivity index (χ3v) is 6.09. The largest absolute Gasteiger partial charge is 0.454 e. The molecule has 5 heteroatoms. The zero-order valence-electron chi connectivity index (χ0n) is 13.2.